The zero-order valence-electron chi connectivity index (χ0n) is 20.8. The minimum Gasteiger partial charge on any atom is -0.346 e. The summed E-state index contributed by atoms with van der Waals surface area (Å²) in [6.45, 7) is 6.41. The average molecular weight is 495 g/mol. The van der Waals surface area contributed by atoms with Crippen LogP contribution in [0.2, 0.25) is 0 Å². The van der Waals surface area contributed by atoms with Gasteiger partial charge in [0.1, 0.15) is 4.83 Å². The van der Waals surface area contributed by atoms with Crippen LogP contribution in [-0.2, 0) is 16.1 Å². The minimum atomic E-state index is -0.112. The van der Waals surface area contributed by atoms with E-state index in [1.165, 1.54) is 16.9 Å². The van der Waals surface area contributed by atoms with E-state index in [2.05, 4.69) is 11.9 Å². The van der Waals surface area contributed by atoms with Gasteiger partial charge in [-0.05, 0) is 31.7 Å². The molecule has 0 N–H and O–H groups in total. The molecule has 1 aliphatic heterocycles. The van der Waals surface area contributed by atoms with E-state index in [0.29, 0.717) is 42.7 Å². The Balaban J connectivity index is 1.37. The predicted molar refractivity (Wildman–Crippen MR) is 141 cm³/mol. The Labute approximate surface area is 210 Å². The number of piperidine rings is 1. The van der Waals surface area contributed by atoms with Crippen LogP contribution < -0.4 is 5.56 Å². The maximum absolute atomic E-state index is 13.3. The van der Waals surface area contributed by atoms with Crippen LogP contribution in [0.4, 0.5) is 0 Å². The summed E-state index contributed by atoms with van der Waals surface area (Å²) in [5.41, 5.74) is 2.93. The first-order chi connectivity index (χ1) is 16.9. The fraction of sp³-hybridized carbons (Fsp3) is 0.481. The third kappa shape index (κ3) is 5.64. The van der Waals surface area contributed by atoms with Crippen molar-refractivity contribution in [2.75, 3.05) is 26.7 Å². The average Bonchev–Trinajstić information content (AvgIpc) is 3.32. The van der Waals surface area contributed by atoms with E-state index in [1.54, 1.807) is 10.9 Å². The van der Waals surface area contributed by atoms with Gasteiger partial charge in [0.25, 0.3) is 5.56 Å². The smallest absolute Gasteiger partial charge is 0.262 e. The van der Waals surface area contributed by atoms with E-state index in [0.717, 1.165) is 30.5 Å². The molecule has 35 heavy (non-hydrogen) atoms. The summed E-state index contributed by atoms with van der Waals surface area (Å²) >= 11 is 1.46. The molecule has 0 spiro atoms. The maximum atomic E-state index is 13.3. The lowest BCUT2D eigenvalue weighted by molar-refractivity contribution is -0.140. The summed E-state index contributed by atoms with van der Waals surface area (Å²) in [6, 6.07) is 8.11. The number of aromatic nitrogens is 2. The number of carbonyl (C=O) groups excluding carboxylic acids is 2. The lowest BCUT2D eigenvalue weighted by Gasteiger charge is -2.33. The summed E-state index contributed by atoms with van der Waals surface area (Å²) in [5.74, 6) is 0.205. The summed E-state index contributed by atoms with van der Waals surface area (Å²) < 4.78 is 1.55. The Morgan fingerprint density at radius 1 is 1.17 bits per heavy atom. The molecule has 1 saturated heterocycles. The number of thiophene rings is 1. The van der Waals surface area contributed by atoms with Crippen LogP contribution in [0.15, 0.2) is 40.8 Å². The molecule has 0 saturated carbocycles. The second kappa shape index (κ2) is 11.2. The molecule has 0 unspecified atom stereocenters. The molecule has 1 aliphatic rings. The van der Waals surface area contributed by atoms with Gasteiger partial charge in [0.15, 0.2) is 0 Å². The molecule has 8 heteroatoms. The van der Waals surface area contributed by atoms with E-state index >= 15 is 0 Å². The minimum absolute atomic E-state index is 0.00563. The zero-order valence-corrected chi connectivity index (χ0v) is 21.6. The van der Waals surface area contributed by atoms with E-state index in [1.807, 2.05) is 53.4 Å². The number of rotatable bonds is 8. The van der Waals surface area contributed by atoms with Crippen LogP contribution >= 0.6 is 11.3 Å². The van der Waals surface area contributed by atoms with Crippen molar-refractivity contribution in [2.45, 2.75) is 52.5 Å². The van der Waals surface area contributed by atoms with Crippen molar-refractivity contribution in [1.29, 1.82) is 0 Å². The number of fused-ring (bicyclic) bond motifs is 1. The van der Waals surface area contributed by atoms with Crippen LogP contribution in [0, 0.1) is 12.8 Å². The summed E-state index contributed by atoms with van der Waals surface area (Å²) in [6.07, 6.45) is 5.26. The Morgan fingerprint density at radius 3 is 2.57 bits per heavy atom. The number of hydrogen-bond acceptors (Lipinski definition) is 5. The lowest BCUT2D eigenvalue weighted by atomic mass is 9.95. The number of nitrogens with zero attached hydrogens (tertiary/aromatic N) is 4. The summed E-state index contributed by atoms with van der Waals surface area (Å²) in [4.78, 5) is 47.6. The molecule has 0 atom stereocenters. The second-order valence-corrected chi connectivity index (χ2v) is 10.3. The highest BCUT2D eigenvalue weighted by Gasteiger charge is 2.28. The summed E-state index contributed by atoms with van der Waals surface area (Å²) in [7, 11) is 1.87. The molecule has 3 heterocycles. The normalized spacial score (nSPS) is 14.4. The molecule has 4 rings (SSSR count). The number of benzene rings is 1. The largest absolute Gasteiger partial charge is 0.346 e. The molecular formula is C27H34N4O3S. The van der Waals surface area contributed by atoms with Gasteiger partial charge in [0, 0.05) is 56.5 Å². The first-order valence-corrected chi connectivity index (χ1v) is 13.3. The van der Waals surface area contributed by atoms with Gasteiger partial charge in [-0.3, -0.25) is 19.0 Å². The molecule has 2 aromatic heterocycles. The number of unbranched alkanes of at least 4 members (excludes halogenated alkanes) is 1. The Morgan fingerprint density at radius 2 is 1.89 bits per heavy atom. The first-order valence-electron chi connectivity index (χ1n) is 12.5. The van der Waals surface area contributed by atoms with Crippen molar-refractivity contribution >= 4 is 33.4 Å². The Kier molecular flexibility index (Phi) is 8.00. The molecule has 0 aliphatic carbocycles. The van der Waals surface area contributed by atoms with Crippen LogP contribution in [-0.4, -0.2) is 57.8 Å². The first kappa shape index (κ1) is 25.1. The highest BCUT2D eigenvalue weighted by molar-refractivity contribution is 7.17. The number of aryl methyl sites for hydroxylation is 2. The van der Waals surface area contributed by atoms with Crippen molar-refractivity contribution in [3.63, 3.8) is 0 Å². The molecule has 186 valence electrons. The third-order valence-electron chi connectivity index (χ3n) is 6.91. The van der Waals surface area contributed by atoms with Gasteiger partial charge < -0.3 is 9.80 Å². The highest BCUT2D eigenvalue weighted by atomic mass is 32.1. The molecule has 7 nitrogen and oxygen atoms in total. The van der Waals surface area contributed by atoms with Gasteiger partial charge in [-0.15, -0.1) is 11.3 Å². The maximum Gasteiger partial charge on any atom is 0.262 e. The fourth-order valence-corrected chi connectivity index (χ4v) is 5.55. The van der Waals surface area contributed by atoms with Gasteiger partial charge in [0.05, 0.1) is 11.7 Å². The van der Waals surface area contributed by atoms with Crippen molar-refractivity contribution in [1.82, 2.24) is 19.4 Å². The van der Waals surface area contributed by atoms with Gasteiger partial charge in [-0.1, -0.05) is 43.2 Å². The highest BCUT2D eigenvalue weighted by Crippen LogP contribution is 2.30. The van der Waals surface area contributed by atoms with Crippen molar-refractivity contribution in [3.8, 4) is 11.1 Å². The zero-order chi connectivity index (χ0) is 24.9. The number of likely N-dealkylation sites (tertiary alicyclic amines) is 1. The SMILES string of the molecule is CCCCN(C)C(=O)C1CCN(C(=O)CCn2cnc3scc(-c4ccc(C)cc4)c3c2=O)CC1. The van der Waals surface area contributed by atoms with Gasteiger partial charge in [-0.2, -0.15) is 0 Å². The van der Waals surface area contributed by atoms with Crippen molar-refractivity contribution in [2.24, 2.45) is 5.92 Å². The van der Waals surface area contributed by atoms with Crippen molar-refractivity contribution < 1.29 is 9.59 Å². The quantitative estimate of drug-likeness (QED) is 0.467. The predicted octanol–water partition coefficient (Wildman–Crippen LogP) is 4.32. The van der Waals surface area contributed by atoms with Crippen LogP contribution in [0.1, 0.15) is 44.6 Å². The molecule has 1 fully saturated rings. The molecule has 2 amide bonds. The van der Waals surface area contributed by atoms with Crippen LogP contribution in [0.25, 0.3) is 21.3 Å². The number of amides is 2. The topological polar surface area (TPSA) is 75.5 Å². The van der Waals surface area contributed by atoms with Gasteiger partial charge >= 0.3 is 0 Å². The van der Waals surface area contributed by atoms with E-state index in [-0.39, 0.29) is 29.7 Å². The standard InChI is InChI=1S/C27H34N4O3S/c1-4-5-13-29(3)26(33)21-10-14-30(15-11-21)23(32)12-16-31-18-28-25-24(27(31)34)22(17-35-25)20-8-6-19(2)7-9-20/h6-9,17-18,21H,4-5,10-16H2,1-3H3. The molecule has 1 aromatic carbocycles. The molecule has 3 aromatic rings. The van der Waals surface area contributed by atoms with Crippen molar-refractivity contribution in [3.05, 3.63) is 51.9 Å². The molecular weight excluding hydrogens is 460 g/mol. The number of carbonyl (C=O) groups is 2. The molecule has 0 bridgehead atoms. The fourth-order valence-electron chi connectivity index (χ4n) is 4.64. The van der Waals surface area contributed by atoms with E-state index in [4.69, 9.17) is 0 Å². The second-order valence-electron chi connectivity index (χ2n) is 9.46. The van der Waals surface area contributed by atoms with E-state index in [9.17, 15) is 14.4 Å². The Hall–Kier alpha value is -3.00. The number of hydrogen-bond donors (Lipinski definition) is 0. The van der Waals surface area contributed by atoms with Gasteiger partial charge in [0.2, 0.25) is 11.8 Å². The van der Waals surface area contributed by atoms with Crippen LogP contribution in [0.5, 0.6) is 0 Å². The van der Waals surface area contributed by atoms with Gasteiger partial charge in [-0.25, -0.2) is 4.98 Å². The monoisotopic (exact) mass is 494 g/mol. The van der Waals surface area contributed by atoms with E-state index < -0.39 is 0 Å². The Bertz CT molecular complexity index is 1240. The third-order valence-corrected chi connectivity index (χ3v) is 7.80. The molecule has 0 radical (unpaired) electrons. The van der Waals surface area contributed by atoms with Crippen LogP contribution in [0.3, 0.4) is 0 Å². The summed E-state index contributed by atoms with van der Waals surface area (Å²) in [5, 5.41) is 2.59. The lowest BCUT2D eigenvalue weighted by Crippen LogP contribution is -2.44.